The van der Waals surface area contributed by atoms with E-state index in [1.807, 2.05) is 0 Å². The van der Waals surface area contributed by atoms with Gasteiger partial charge in [0.05, 0.1) is 29.8 Å². The van der Waals surface area contributed by atoms with Crippen molar-refractivity contribution in [2.75, 3.05) is 5.32 Å². The molecule has 0 saturated heterocycles. The summed E-state index contributed by atoms with van der Waals surface area (Å²) < 4.78 is 67.7. The van der Waals surface area contributed by atoms with Crippen LogP contribution in [-0.2, 0) is 25.3 Å². The van der Waals surface area contributed by atoms with Crippen molar-refractivity contribution in [2.45, 2.75) is 32.2 Å². The maximum atomic E-state index is 13.5. The van der Waals surface area contributed by atoms with E-state index in [1.165, 1.54) is 35.3 Å². The van der Waals surface area contributed by atoms with Gasteiger partial charge < -0.3 is 15.0 Å². The molecule has 0 fully saturated rings. The minimum atomic E-state index is -4.78. The number of hydrogen-bond acceptors (Lipinski definition) is 4. The van der Waals surface area contributed by atoms with Crippen molar-refractivity contribution in [1.29, 1.82) is 0 Å². The fourth-order valence-corrected chi connectivity index (χ4v) is 2.84. The summed E-state index contributed by atoms with van der Waals surface area (Å²) in [5, 5.41) is 11.4. The number of benzene rings is 1. The Balaban J connectivity index is 1.74. The lowest BCUT2D eigenvalue weighted by Gasteiger charge is -2.12. The van der Waals surface area contributed by atoms with Gasteiger partial charge >= 0.3 is 6.18 Å². The number of pyridine rings is 1. The van der Waals surface area contributed by atoms with Crippen LogP contribution < -0.4 is 5.32 Å². The van der Waals surface area contributed by atoms with E-state index in [0.29, 0.717) is 11.6 Å². The number of carbonyl (C=O) groups is 1. The van der Waals surface area contributed by atoms with E-state index in [1.54, 1.807) is 6.07 Å². The quantitative estimate of drug-likeness (QED) is 0.563. The zero-order valence-corrected chi connectivity index (χ0v) is 16.1. The summed E-state index contributed by atoms with van der Waals surface area (Å²) in [7, 11) is 0. The summed E-state index contributed by atoms with van der Waals surface area (Å²) >= 11 is 0. The Labute approximate surface area is 173 Å². The van der Waals surface area contributed by atoms with E-state index in [4.69, 9.17) is 5.11 Å². The maximum Gasteiger partial charge on any atom is 0.418 e. The molecule has 0 aliphatic carbocycles. The second-order valence-electron chi connectivity index (χ2n) is 6.85. The maximum absolute atomic E-state index is 13.5. The number of rotatable bonds is 6. The van der Waals surface area contributed by atoms with Gasteiger partial charge in [-0.05, 0) is 17.7 Å². The van der Waals surface area contributed by atoms with E-state index in [0.717, 1.165) is 13.1 Å². The predicted octanol–water partition coefficient (Wildman–Crippen LogP) is 4.20. The van der Waals surface area contributed by atoms with Gasteiger partial charge in [0.15, 0.2) is 5.82 Å². The summed E-state index contributed by atoms with van der Waals surface area (Å²) in [6.45, 7) is 0.0627. The second kappa shape index (κ2) is 8.42. The van der Waals surface area contributed by atoms with Crippen LogP contribution in [0.4, 0.5) is 27.8 Å². The minimum Gasteiger partial charge on any atom is -0.390 e. The zero-order valence-electron chi connectivity index (χ0n) is 16.1. The Bertz CT molecular complexity index is 1090. The van der Waals surface area contributed by atoms with Gasteiger partial charge in [0.25, 0.3) is 11.8 Å². The number of anilines is 1. The van der Waals surface area contributed by atoms with Crippen LogP contribution in [0.25, 0.3) is 0 Å². The average Bonchev–Trinajstić information content (AvgIpc) is 3.13. The van der Waals surface area contributed by atoms with Gasteiger partial charge in [-0.25, -0.2) is 13.8 Å². The van der Waals surface area contributed by atoms with Gasteiger partial charge in [0.2, 0.25) is 0 Å². The number of amides is 1. The topological polar surface area (TPSA) is 80.0 Å². The lowest BCUT2D eigenvalue weighted by Crippen LogP contribution is -2.17. The molecule has 1 aromatic carbocycles. The van der Waals surface area contributed by atoms with Crippen LogP contribution in [0, 0.1) is 0 Å². The number of aromatic nitrogens is 3. The van der Waals surface area contributed by atoms with Crippen LogP contribution in [0.3, 0.4) is 0 Å². The molecular formula is C20H17F5N4O2. The minimum absolute atomic E-state index is 0.0572. The van der Waals surface area contributed by atoms with Crippen molar-refractivity contribution in [1.82, 2.24) is 14.5 Å². The Morgan fingerprint density at radius 1 is 1.16 bits per heavy atom. The van der Waals surface area contributed by atoms with Crippen molar-refractivity contribution in [3.8, 4) is 0 Å². The molecule has 3 rings (SSSR count). The van der Waals surface area contributed by atoms with E-state index >= 15 is 0 Å². The number of nitrogens with one attached hydrogen (secondary N) is 1. The van der Waals surface area contributed by atoms with Crippen LogP contribution >= 0.6 is 0 Å². The van der Waals surface area contributed by atoms with Crippen LogP contribution in [0.15, 0.2) is 49.1 Å². The molecule has 0 bridgehead atoms. The Morgan fingerprint density at radius 2 is 1.90 bits per heavy atom. The number of alkyl halides is 5. The highest BCUT2D eigenvalue weighted by Gasteiger charge is 2.34. The Morgan fingerprint density at radius 3 is 2.55 bits per heavy atom. The highest BCUT2D eigenvalue weighted by atomic mass is 19.4. The summed E-state index contributed by atoms with van der Waals surface area (Å²) in [4.78, 5) is 19.8. The third-order valence-electron chi connectivity index (χ3n) is 4.36. The summed E-state index contributed by atoms with van der Waals surface area (Å²) in [5.74, 6) is -3.80. The SMILES string of the molecule is CC(F)(F)c1cccc(Cn2cnc(NC(=O)c3cnc(CO)c(C(F)(F)F)c3)c2)c1. The molecule has 6 nitrogen and oxygen atoms in total. The monoisotopic (exact) mass is 440 g/mol. The van der Waals surface area contributed by atoms with Crippen LogP contribution in [-0.4, -0.2) is 25.5 Å². The molecule has 31 heavy (non-hydrogen) atoms. The summed E-state index contributed by atoms with van der Waals surface area (Å²) in [6, 6.07) is 6.42. The number of aliphatic hydroxyl groups is 1. The van der Waals surface area contributed by atoms with Gasteiger partial charge in [-0.15, -0.1) is 0 Å². The fraction of sp³-hybridized carbons (Fsp3) is 0.250. The van der Waals surface area contributed by atoms with Gasteiger partial charge in [-0.1, -0.05) is 18.2 Å². The molecule has 0 unspecified atom stereocenters. The van der Waals surface area contributed by atoms with Crippen LogP contribution in [0.2, 0.25) is 0 Å². The van der Waals surface area contributed by atoms with Crippen LogP contribution in [0.5, 0.6) is 0 Å². The van der Waals surface area contributed by atoms with E-state index in [9.17, 15) is 26.7 Å². The Hall–Kier alpha value is -3.34. The number of halogens is 5. The first-order chi connectivity index (χ1) is 14.5. The molecule has 3 aromatic rings. The summed E-state index contributed by atoms with van der Waals surface area (Å²) in [5.41, 5.74) is -1.73. The molecule has 2 aromatic heterocycles. The van der Waals surface area contributed by atoms with Gasteiger partial charge in [0.1, 0.15) is 0 Å². The molecule has 164 valence electrons. The molecule has 0 radical (unpaired) electrons. The number of imidazole rings is 1. The third kappa shape index (κ3) is 5.43. The van der Waals surface area contributed by atoms with Crippen molar-refractivity contribution >= 4 is 11.7 Å². The Kier molecular flexibility index (Phi) is 6.07. The van der Waals surface area contributed by atoms with E-state index in [-0.39, 0.29) is 23.5 Å². The molecular weight excluding hydrogens is 423 g/mol. The van der Waals surface area contributed by atoms with E-state index < -0.39 is 35.9 Å². The first-order valence-corrected chi connectivity index (χ1v) is 8.94. The molecule has 0 atom stereocenters. The number of carbonyl (C=O) groups excluding carboxylic acids is 1. The predicted molar refractivity (Wildman–Crippen MR) is 100 cm³/mol. The smallest absolute Gasteiger partial charge is 0.390 e. The first kappa shape index (κ1) is 22.3. The molecule has 0 spiro atoms. The summed E-state index contributed by atoms with van der Waals surface area (Å²) in [6.07, 6.45) is -1.11. The van der Waals surface area contributed by atoms with Gasteiger partial charge in [0, 0.05) is 31.4 Å². The van der Waals surface area contributed by atoms with Crippen molar-refractivity contribution in [3.05, 3.63) is 77.0 Å². The first-order valence-electron chi connectivity index (χ1n) is 8.94. The lowest BCUT2D eigenvalue weighted by molar-refractivity contribution is -0.139. The van der Waals surface area contributed by atoms with Gasteiger partial charge in [-0.3, -0.25) is 9.78 Å². The highest BCUT2D eigenvalue weighted by molar-refractivity contribution is 6.03. The lowest BCUT2D eigenvalue weighted by atomic mass is 10.1. The number of nitrogens with zero attached hydrogens (tertiary/aromatic N) is 3. The highest BCUT2D eigenvalue weighted by Crippen LogP contribution is 2.32. The molecule has 2 N–H and O–H groups in total. The zero-order chi connectivity index (χ0) is 22.8. The number of aliphatic hydroxyl groups excluding tert-OH is 1. The van der Waals surface area contributed by atoms with Crippen molar-refractivity contribution < 1.29 is 31.9 Å². The van der Waals surface area contributed by atoms with Crippen LogP contribution in [0.1, 0.15) is 39.7 Å². The van der Waals surface area contributed by atoms with E-state index in [2.05, 4.69) is 15.3 Å². The molecule has 2 heterocycles. The van der Waals surface area contributed by atoms with Crippen molar-refractivity contribution in [3.63, 3.8) is 0 Å². The van der Waals surface area contributed by atoms with Crippen molar-refractivity contribution in [2.24, 2.45) is 0 Å². The number of hydrogen-bond donors (Lipinski definition) is 2. The third-order valence-corrected chi connectivity index (χ3v) is 4.36. The fourth-order valence-electron chi connectivity index (χ4n) is 2.84. The molecule has 0 saturated carbocycles. The average molecular weight is 440 g/mol. The normalized spacial score (nSPS) is 12.1. The molecule has 0 aliphatic heterocycles. The molecule has 11 heteroatoms. The van der Waals surface area contributed by atoms with Gasteiger partial charge in [-0.2, -0.15) is 13.2 Å². The largest absolute Gasteiger partial charge is 0.418 e. The standard InChI is InChI=1S/C20H17F5N4O2/c1-19(21,22)14-4-2-3-12(5-14)8-29-9-17(27-11-29)28-18(31)13-6-15(20(23,24)25)16(10-30)26-7-13/h2-7,9,11,30H,8,10H2,1H3,(H,28,31). The molecule has 0 aliphatic rings. The molecule has 1 amide bonds. The second-order valence-corrected chi connectivity index (χ2v) is 6.85.